The summed E-state index contributed by atoms with van der Waals surface area (Å²) in [6.07, 6.45) is 0.227. The molecular weight excluding hydrogens is 430 g/mol. The highest BCUT2D eigenvalue weighted by Crippen LogP contribution is 2.39. The van der Waals surface area contributed by atoms with Crippen molar-refractivity contribution in [1.82, 2.24) is 14.8 Å². The fourth-order valence-corrected chi connectivity index (χ4v) is 5.32. The van der Waals surface area contributed by atoms with Gasteiger partial charge < -0.3 is 5.11 Å². The minimum absolute atomic E-state index is 0.0600. The molecule has 5 nitrogen and oxygen atoms in total. The van der Waals surface area contributed by atoms with Gasteiger partial charge in [0.15, 0.2) is 0 Å². The van der Waals surface area contributed by atoms with Crippen molar-refractivity contribution in [3.63, 3.8) is 0 Å². The summed E-state index contributed by atoms with van der Waals surface area (Å²) in [5, 5.41) is 16.8. The van der Waals surface area contributed by atoms with Gasteiger partial charge in [-0.05, 0) is 30.2 Å². The quantitative estimate of drug-likeness (QED) is 0.351. The van der Waals surface area contributed by atoms with Crippen LogP contribution in [0.2, 0.25) is 0 Å². The van der Waals surface area contributed by atoms with Crippen molar-refractivity contribution >= 4 is 33.0 Å². The number of aromatic nitrogens is 3. The van der Waals surface area contributed by atoms with E-state index in [2.05, 4.69) is 4.98 Å². The molecule has 0 amide bonds. The highest BCUT2D eigenvalue weighted by atomic mass is 32.1. The van der Waals surface area contributed by atoms with Gasteiger partial charge in [0.25, 0.3) is 5.91 Å². The summed E-state index contributed by atoms with van der Waals surface area (Å²) in [5.74, 6) is -0.265. The first-order valence-corrected chi connectivity index (χ1v) is 11.5. The molecule has 0 bridgehead atoms. The Bertz CT molecular complexity index is 1560. The third-order valence-corrected chi connectivity index (χ3v) is 6.84. The van der Waals surface area contributed by atoms with Crippen molar-refractivity contribution in [1.29, 1.82) is 0 Å². The molecule has 33 heavy (non-hydrogen) atoms. The van der Waals surface area contributed by atoms with Crippen molar-refractivity contribution in [2.24, 2.45) is 0 Å². The molecular formula is C27H19N3O2S. The average Bonchev–Trinajstić information content (AvgIpc) is 3.40. The molecule has 0 fully saturated rings. The molecule has 0 aliphatic carbocycles. The van der Waals surface area contributed by atoms with Gasteiger partial charge in [0.05, 0.1) is 26.5 Å². The third kappa shape index (κ3) is 3.18. The number of carbonyl (C=O) groups is 1. The summed E-state index contributed by atoms with van der Waals surface area (Å²) in [5.41, 5.74) is 6.04. The number of fused-ring (bicyclic) bond motifs is 2. The Kier molecular flexibility index (Phi) is 4.48. The first-order valence-electron chi connectivity index (χ1n) is 10.7. The molecule has 3 heterocycles. The van der Waals surface area contributed by atoms with Gasteiger partial charge in [0.2, 0.25) is 0 Å². The predicted molar refractivity (Wildman–Crippen MR) is 131 cm³/mol. The maximum Gasteiger partial charge on any atom is 0.282 e. The van der Waals surface area contributed by atoms with E-state index in [1.807, 2.05) is 85.8 Å². The van der Waals surface area contributed by atoms with E-state index in [1.54, 1.807) is 11.3 Å². The van der Waals surface area contributed by atoms with Crippen molar-refractivity contribution in [3.8, 4) is 22.4 Å². The SMILES string of the molecule is Cc1nc2ccc(C3=C(O)Cc4c(-c5ccccc5)c(-c5ccccc5)nn4C3=O)cc2s1. The van der Waals surface area contributed by atoms with Crippen LogP contribution >= 0.6 is 11.3 Å². The van der Waals surface area contributed by atoms with Crippen LogP contribution in [0.4, 0.5) is 0 Å². The summed E-state index contributed by atoms with van der Waals surface area (Å²) >= 11 is 1.57. The average molecular weight is 450 g/mol. The van der Waals surface area contributed by atoms with Gasteiger partial charge >= 0.3 is 0 Å². The Morgan fingerprint density at radius 3 is 2.33 bits per heavy atom. The minimum atomic E-state index is -0.325. The summed E-state index contributed by atoms with van der Waals surface area (Å²) in [7, 11) is 0. The van der Waals surface area contributed by atoms with E-state index in [4.69, 9.17) is 5.10 Å². The Morgan fingerprint density at radius 1 is 0.909 bits per heavy atom. The van der Waals surface area contributed by atoms with Crippen LogP contribution in [0.3, 0.4) is 0 Å². The Labute approximate surface area is 194 Å². The van der Waals surface area contributed by atoms with Crippen LogP contribution in [0, 0.1) is 6.92 Å². The van der Waals surface area contributed by atoms with E-state index in [1.165, 1.54) is 4.68 Å². The lowest BCUT2D eigenvalue weighted by Crippen LogP contribution is -2.24. The maximum atomic E-state index is 13.7. The Hall–Kier alpha value is -4.03. The first kappa shape index (κ1) is 19.6. The molecule has 0 radical (unpaired) electrons. The minimum Gasteiger partial charge on any atom is -0.511 e. The molecule has 160 valence electrons. The van der Waals surface area contributed by atoms with E-state index >= 15 is 0 Å². The van der Waals surface area contributed by atoms with Crippen LogP contribution < -0.4 is 0 Å². The standard InChI is InChI=1S/C27H19N3O2S/c1-16-28-20-13-12-19(14-23(20)33-16)25-22(31)15-21-24(17-8-4-2-5-9-17)26(29-30(21)27(25)32)18-10-6-3-7-11-18/h2-14,31H,15H2,1H3. The Morgan fingerprint density at radius 2 is 1.61 bits per heavy atom. The summed E-state index contributed by atoms with van der Waals surface area (Å²) < 4.78 is 2.45. The molecule has 6 rings (SSSR count). The van der Waals surface area contributed by atoms with Gasteiger partial charge in [-0.3, -0.25) is 4.79 Å². The second kappa shape index (κ2) is 7.53. The highest BCUT2D eigenvalue weighted by Gasteiger charge is 2.33. The van der Waals surface area contributed by atoms with Gasteiger partial charge in [-0.25, -0.2) is 4.98 Å². The van der Waals surface area contributed by atoms with E-state index in [9.17, 15) is 9.90 Å². The predicted octanol–water partition coefficient (Wildman–Crippen LogP) is 6.30. The number of hydrogen-bond acceptors (Lipinski definition) is 5. The fourth-order valence-electron chi connectivity index (χ4n) is 4.45. The lowest BCUT2D eigenvalue weighted by atomic mass is 9.93. The number of rotatable bonds is 3. The van der Waals surface area contributed by atoms with E-state index in [-0.39, 0.29) is 23.7 Å². The number of aliphatic hydroxyl groups is 1. The molecule has 6 heteroatoms. The third-order valence-electron chi connectivity index (χ3n) is 5.90. The lowest BCUT2D eigenvalue weighted by molar-refractivity contribution is 0.0953. The first-order chi connectivity index (χ1) is 16.1. The topological polar surface area (TPSA) is 68.0 Å². The number of thiazole rings is 1. The van der Waals surface area contributed by atoms with Crippen molar-refractivity contribution in [2.45, 2.75) is 13.3 Å². The smallest absolute Gasteiger partial charge is 0.282 e. The van der Waals surface area contributed by atoms with Crippen LogP contribution in [0.25, 0.3) is 38.2 Å². The highest BCUT2D eigenvalue weighted by molar-refractivity contribution is 7.18. The zero-order chi connectivity index (χ0) is 22.5. The van der Waals surface area contributed by atoms with Crippen molar-refractivity contribution in [3.05, 3.63) is 101 Å². The molecule has 1 aliphatic heterocycles. The molecule has 2 aromatic heterocycles. The molecule has 0 atom stereocenters. The van der Waals surface area contributed by atoms with Crippen molar-refractivity contribution < 1.29 is 9.90 Å². The Balaban J connectivity index is 1.54. The second-order valence-corrected chi connectivity index (χ2v) is 9.27. The van der Waals surface area contributed by atoms with E-state index < -0.39 is 0 Å². The number of allylic oxidation sites excluding steroid dienone is 2. The monoisotopic (exact) mass is 449 g/mol. The molecule has 0 spiro atoms. The number of nitrogens with zero attached hydrogens (tertiary/aromatic N) is 3. The molecule has 1 aliphatic rings. The van der Waals surface area contributed by atoms with Crippen LogP contribution in [0.1, 0.15) is 21.1 Å². The van der Waals surface area contributed by atoms with Crippen LogP contribution in [0.15, 0.2) is 84.6 Å². The van der Waals surface area contributed by atoms with Gasteiger partial charge in [0, 0.05) is 17.5 Å². The van der Waals surface area contributed by atoms with Crippen LogP contribution in [-0.2, 0) is 6.42 Å². The van der Waals surface area contributed by atoms with Crippen molar-refractivity contribution in [2.75, 3.05) is 0 Å². The number of benzene rings is 3. The van der Waals surface area contributed by atoms with Crippen LogP contribution in [-0.4, -0.2) is 25.8 Å². The number of hydrogen-bond donors (Lipinski definition) is 1. The molecule has 0 unspecified atom stereocenters. The molecule has 5 aromatic rings. The van der Waals surface area contributed by atoms with E-state index in [0.717, 1.165) is 37.6 Å². The number of aryl methyl sites for hydroxylation is 1. The molecule has 3 aromatic carbocycles. The van der Waals surface area contributed by atoms with Gasteiger partial charge in [-0.2, -0.15) is 9.78 Å². The summed E-state index contributed by atoms with van der Waals surface area (Å²) in [6.45, 7) is 1.96. The summed E-state index contributed by atoms with van der Waals surface area (Å²) in [6, 6.07) is 25.4. The largest absolute Gasteiger partial charge is 0.511 e. The van der Waals surface area contributed by atoms with Gasteiger partial charge in [0.1, 0.15) is 11.5 Å². The molecule has 0 saturated heterocycles. The van der Waals surface area contributed by atoms with Gasteiger partial charge in [-0.1, -0.05) is 66.7 Å². The van der Waals surface area contributed by atoms with Gasteiger partial charge in [-0.15, -0.1) is 11.3 Å². The molecule has 0 saturated carbocycles. The number of aliphatic hydroxyl groups excluding tert-OH is 1. The van der Waals surface area contributed by atoms with Crippen LogP contribution in [0.5, 0.6) is 0 Å². The zero-order valence-electron chi connectivity index (χ0n) is 17.8. The normalized spacial score (nSPS) is 13.5. The molecule has 1 N–H and O–H groups in total. The lowest BCUT2D eigenvalue weighted by Gasteiger charge is -2.18. The maximum absolute atomic E-state index is 13.7. The summed E-state index contributed by atoms with van der Waals surface area (Å²) in [4.78, 5) is 18.2. The van der Waals surface area contributed by atoms with E-state index in [0.29, 0.717) is 11.3 Å². The number of carbonyl (C=O) groups excluding carboxylic acids is 1. The zero-order valence-corrected chi connectivity index (χ0v) is 18.6. The second-order valence-electron chi connectivity index (χ2n) is 8.03. The fraction of sp³-hybridized carbons (Fsp3) is 0.0741.